The molecule has 1 aliphatic rings. The molecule has 2 aromatic rings. The summed E-state index contributed by atoms with van der Waals surface area (Å²) in [6.07, 6.45) is 1.69. The third-order valence-corrected chi connectivity index (χ3v) is 5.83. The number of hydrogen-bond donors (Lipinski definition) is 1. The summed E-state index contributed by atoms with van der Waals surface area (Å²) in [6, 6.07) is 11.8. The first-order valence-electron chi connectivity index (χ1n) is 9.20. The van der Waals surface area contributed by atoms with Crippen molar-refractivity contribution in [3.63, 3.8) is 0 Å². The molecule has 2 amide bonds. The van der Waals surface area contributed by atoms with Crippen LogP contribution in [-0.2, 0) is 9.59 Å². The Balaban J connectivity index is 1.69. The number of ether oxygens (including phenoxy) is 2. The van der Waals surface area contributed by atoms with Gasteiger partial charge < -0.3 is 14.8 Å². The van der Waals surface area contributed by atoms with E-state index in [0.717, 1.165) is 17.3 Å². The number of methoxy groups -OCH3 is 2. The van der Waals surface area contributed by atoms with E-state index in [0.29, 0.717) is 32.0 Å². The van der Waals surface area contributed by atoms with Crippen molar-refractivity contribution in [1.82, 2.24) is 4.90 Å². The summed E-state index contributed by atoms with van der Waals surface area (Å²) in [7, 11) is 3.08. The van der Waals surface area contributed by atoms with Crippen LogP contribution in [0.25, 0.3) is 6.08 Å². The van der Waals surface area contributed by atoms with Gasteiger partial charge in [-0.25, -0.2) is 0 Å². The van der Waals surface area contributed by atoms with Crippen LogP contribution in [-0.4, -0.2) is 47.6 Å². The number of Topliss-reactive ketones (excluding diaryl/α,β-unsaturated/α-hetero) is 1. The number of nitrogens with zero attached hydrogens (tertiary/aromatic N) is 1. The SMILES string of the molecule is COc1ccc(/C=C2\SC(=S)N(CC(=O)Nc3ccc(C(C)=O)cc3)C2=O)cc1OC. The molecular weight excluding hydrogens is 436 g/mol. The van der Waals surface area contributed by atoms with E-state index in [1.165, 1.54) is 18.9 Å². The molecule has 0 unspecified atom stereocenters. The zero-order valence-corrected chi connectivity index (χ0v) is 18.8. The highest BCUT2D eigenvalue weighted by Gasteiger charge is 2.33. The summed E-state index contributed by atoms with van der Waals surface area (Å²) in [4.78, 5) is 38.2. The summed E-state index contributed by atoms with van der Waals surface area (Å²) in [5.41, 5.74) is 1.82. The number of ketones is 1. The summed E-state index contributed by atoms with van der Waals surface area (Å²) < 4.78 is 10.8. The minimum atomic E-state index is -0.390. The van der Waals surface area contributed by atoms with Crippen molar-refractivity contribution < 1.29 is 23.9 Å². The van der Waals surface area contributed by atoms with E-state index in [-0.39, 0.29) is 24.1 Å². The number of carbonyl (C=O) groups is 3. The monoisotopic (exact) mass is 456 g/mol. The van der Waals surface area contributed by atoms with Crippen LogP contribution in [0, 0.1) is 0 Å². The molecule has 0 radical (unpaired) electrons. The van der Waals surface area contributed by atoms with Gasteiger partial charge in [0.15, 0.2) is 17.3 Å². The summed E-state index contributed by atoms with van der Waals surface area (Å²) in [6.45, 7) is 1.26. The van der Waals surface area contributed by atoms with Crippen molar-refractivity contribution in [2.45, 2.75) is 6.92 Å². The number of hydrogen-bond acceptors (Lipinski definition) is 7. The number of benzene rings is 2. The fourth-order valence-electron chi connectivity index (χ4n) is 2.86. The van der Waals surface area contributed by atoms with Crippen molar-refractivity contribution >= 4 is 57.7 Å². The van der Waals surface area contributed by atoms with Gasteiger partial charge in [-0.3, -0.25) is 19.3 Å². The average molecular weight is 457 g/mol. The number of amides is 2. The molecule has 0 aliphatic carbocycles. The summed E-state index contributed by atoms with van der Waals surface area (Å²) >= 11 is 6.43. The van der Waals surface area contributed by atoms with Crippen LogP contribution in [0.5, 0.6) is 11.5 Å². The van der Waals surface area contributed by atoms with E-state index < -0.39 is 0 Å². The van der Waals surface area contributed by atoms with Gasteiger partial charge in [0.2, 0.25) is 5.91 Å². The van der Waals surface area contributed by atoms with E-state index in [4.69, 9.17) is 21.7 Å². The zero-order valence-electron chi connectivity index (χ0n) is 17.1. The van der Waals surface area contributed by atoms with Crippen LogP contribution >= 0.6 is 24.0 Å². The van der Waals surface area contributed by atoms with Gasteiger partial charge in [0.05, 0.1) is 19.1 Å². The largest absolute Gasteiger partial charge is 0.493 e. The van der Waals surface area contributed by atoms with Crippen LogP contribution in [0.1, 0.15) is 22.8 Å². The van der Waals surface area contributed by atoms with Crippen molar-refractivity contribution in [3.8, 4) is 11.5 Å². The number of anilines is 1. The van der Waals surface area contributed by atoms with Crippen LogP contribution in [0.4, 0.5) is 5.69 Å². The predicted octanol–water partition coefficient (Wildman–Crippen LogP) is 3.75. The molecule has 160 valence electrons. The number of rotatable bonds is 7. The Kier molecular flexibility index (Phi) is 7.09. The Hall–Kier alpha value is -3.17. The highest BCUT2D eigenvalue weighted by atomic mass is 32.2. The molecule has 2 aromatic carbocycles. The quantitative estimate of drug-likeness (QED) is 0.386. The standard InChI is InChI=1S/C22H20N2O5S2/c1-13(25)15-5-7-16(8-6-15)23-20(26)12-24-21(27)19(31-22(24)30)11-14-4-9-17(28-2)18(10-14)29-3/h4-11H,12H2,1-3H3,(H,23,26)/b19-11-. The average Bonchev–Trinajstić information content (AvgIpc) is 3.01. The molecule has 0 atom stereocenters. The summed E-state index contributed by atoms with van der Waals surface area (Å²) in [5, 5.41) is 2.71. The second kappa shape index (κ2) is 9.76. The number of thiocarbonyl (C=S) groups is 1. The van der Waals surface area contributed by atoms with Crippen molar-refractivity contribution in [3.05, 3.63) is 58.5 Å². The molecule has 1 N–H and O–H groups in total. The molecule has 3 rings (SSSR count). The van der Waals surface area contributed by atoms with Gasteiger partial charge in [-0.05, 0) is 55.0 Å². The molecule has 0 aromatic heterocycles. The minimum absolute atomic E-state index is 0.0586. The molecular formula is C22H20N2O5S2. The second-order valence-electron chi connectivity index (χ2n) is 6.56. The van der Waals surface area contributed by atoms with Gasteiger partial charge in [-0.2, -0.15) is 0 Å². The molecule has 0 spiro atoms. The highest BCUT2D eigenvalue weighted by molar-refractivity contribution is 8.26. The van der Waals surface area contributed by atoms with Crippen LogP contribution in [0.2, 0.25) is 0 Å². The number of thioether (sulfide) groups is 1. The van der Waals surface area contributed by atoms with Gasteiger partial charge in [0.25, 0.3) is 5.91 Å². The predicted molar refractivity (Wildman–Crippen MR) is 125 cm³/mol. The molecule has 1 aliphatic heterocycles. The Morgan fingerprint density at radius 2 is 1.77 bits per heavy atom. The Morgan fingerprint density at radius 3 is 2.39 bits per heavy atom. The van der Waals surface area contributed by atoms with Crippen LogP contribution in [0.3, 0.4) is 0 Å². The fraction of sp³-hybridized carbons (Fsp3) is 0.182. The van der Waals surface area contributed by atoms with E-state index in [2.05, 4.69) is 5.32 Å². The smallest absolute Gasteiger partial charge is 0.266 e. The van der Waals surface area contributed by atoms with Crippen molar-refractivity contribution in [2.24, 2.45) is 0 Å². The highest BCUT2D eigenvalue weighted by Crippen LogP contribution is 2.34. The molecule has 0 saturated carbocycles. The molecule has 7 nitrogen and oxygen atoms in total. The zero-order chi connectivity index (χ0) is 22.5. The Bertz CT molecular complexity index is 1080. The van der Waals surface area contributed by atoms with E-state index >= 15 is 0 Å². The lowest BCUT2D eigenvalue weighted by Gasteiger charge is -2.14. The van der Waals surface area contributed by atoms with E-state index in [1.807, 2.05) is 0 Å². The third-order valence-electron chi connectivity index (χ3n) is 4.46. The van der Waals surface area contributed by atoms with Crippen LogP contribution in [0.15, 0.2) is 47.4 Å². The molecule has 1 heterocycles. The Morgan fingerprint density at radius 1 is 1.10 bits per heavy atom. The molecule has 31 heavy (non-hydrogen) atoms. The minimum Gasteiger partial charge on any atom is -0.493 e. The van der Waals surface area contributed by atoms with Gasteiger partial charge >= 0.3 is 0 Å². The lowest BCUT2D eigenvalue weighted by atomic mass is 10.1. The van der Waals surface area contributed by atoms with Crippen LogP contribution < -0.4 is 14.8 Å². The van der Waals surface area contributed by atoms with Gasteiger partial charge in [0, 0.05) is 11.3 Å². The molecule has 9 heteroatoms. The van der Waals surface area contributed by atoms with Crippen molar-refractivity contribution in [2.75, 3.05) is 26.1 Å². The van der Waals surface area contributed by atoms with Crippen molar-refractivity contribution in [1.29, 1.82) is 0 Å². The lowest BCUT2D eigenvalue weighted by molar-refractivity contribution is -0.126. The van der Waals surface area contributed by atoms with E-state index in [1.54, 1.807) is 55.7 Å². The molecule has 0 bridgehead atoms. The normalized spacial score (nSPS) is 14.7. The first kappa shape index (κ1) is 22.5. The number of nitrogens with one attached hydrogen (secondary N) is 1. The first-order valence-corrected chi connectivity index (χ1v) is 10.4. The van der Waals surface area contributed by atoms with Gasteiger partial charge in [0.1, 0.15) is 10.9 Å². The molecule has 1 fully saturated rings. The van der Waals surface area contributed by atoms with Gasteiger partial charge in [-0.1, -0.05) is 30.0 Å². The third kappa shape index (κ3) is 5.31. The van der Waals surface area contributed by atoms with E-state index in [9.17, 15) is 14.4 Å². The first-order chi connectivity index (χ1) is 14.8. The topological polar surface area (TPSA) is 84.9 Å². The maximum atomic E-state index is 12.8. The fourth-order valence-corrected chi connectivity index (χ4v) is 4.12. The maximum Gasteiger partial charge on any atom is 0.266 e. The maximum absolute atomic E-state index is 12.8. The lowest BCUT2D eigenvalue weighted by Crippen LogP contribution is -2.36. The van der Waals surface area contributed by atoms with Gasteiger partial charge in [-0.15, -0.1) is 0 Å². The number of carbonyl (C=O) groups excluding carboxylic acids is 3. The Labute approximate surface area is 189 Å². The molecule has 1 saturated heterocycles. The summed E-state index contributed by atoms with van der Waals surface area (Å²) in [5.74, 6) is 0.338. The second-order valence-corrected chi connectivity index (χ2v) is 8.24.